The normalized spacial score (nSPS) is 15.5. The van der Waals surface area contributed by atoms with Gasteiger partial charge in [0.1, 0.15) is 19.2 Å². The van der Waals surface area contributed by atoms with Crippen LogP contribution in [0.3, 0.4) is 0 Å². The molecular formula is C20H24N6O2S. The summed E-state index contributed by atoms with van der Waals surface area (Å²) in [6.45, 7) is 4.20. The van der Waals surface area contributed by atoms with Gasteiger partial charge in [-0.3, -0.25) is 4.79 Å². The minimum absolute atomic E-state index is 0.0525. The van der Waals surface area contributed by atoms with E-state index in [-0.39, 0.29) is 17.2 Å². The van der Waals surface area contributed by atoms with E-state index in [1.807, 2.05) is 13.8 Å². The second-order valence-corrected chi connectivity index (χ2v) is 8.57. The van der Waals surface area contributed by atoms with Crippen LogP contribution < -0.4 is 5.32 Å². The van der Waals surface area contributed by atoms with Gasteiger partial charge in [0.2, 0.25) is 11.8 Å². The molecule has 0 aliphatic heterocycles. The molecule has 8 nitrogen and oxygen atoms in total. The average Bonchev–Trinajstić information content (AvgIpc) is 3.40. The van der Waals surface area contributed by atoms with Crippen molar-refractivity contribution in [2.75, 3.05) is 0 Å². The molecule has 152 valence electrons. The molecule has 0 spiro atoms. The maximum Gasteiger partial charge on any atom is 0.277 e. The molecule has 2 atom stereocenters. The standard InChI is InChI=1S/C20H24N6O2S/c1-13(16-8-7-15-5-3-4-6-17(15)9-16)23-19(27)14(2)29-20-25-24-18(28-20)10-26-12-21-11-22-26/h7-9,11-14H,3-6,10H2,1-2H3,(H,23,27). The number of fused-ring (bicyclic) bond motifs is 1. The first kappa shape index (κ1) is 19.6. The molecule has 1 aromatic carbocycles. The maximum atomic E-state index is 12.6. The van der Waals surface area contributed by atoms with E-state index in [2.05, 4.69) is 43.8 Å². The molecule has 2 heterocycles. The summed E-state index contributed by atoms with van der Waals surface area (Å²) in [6.07, 6.45) is 7.83. The van der Waals surface area contributed by atoms with Crippen molar-refractivity contribution >= 4 is 17.7 Å². The maximum absolute atomic E-state index is 12.6. The molecule has 0 bridgehead atoms. The van der Waals surface area contributed by atoms with Crippen molar-refractivity contribution in [2.45, 2.75) is 62.6 Å². The van der Waals surface area contributed by atoms with Crippen molar-refractivity contribution in [3.05, 3.63) is 53.4 Å². The van der Waals surface area contributed by atoms with Gasteiger partial charge in [0.25, 0.3) is 5.22 Å². The highest BCUT2D eigenvalue weighted by Gasteiger charge is 2.21. The van der Waals surface area contributed by atoms with E-state index in [0.717, 1.165) is 18.4 Å². The highest BCUT2D eigenvalue weighted by atomic mass is 32.2. The van der Waals surface area contributed by atoms with Gasteiger partial charge in [-0.1, -0.05) is 30.0 Å². The van der Waals surface area contributed by atoms with Crippen molar-refractivity contribution in [3.8, 4) is 0 Å². The summed E-state index contributed by atoms with van der Waals surface area (Å²) in [7, 11) is 0. The smallest absolute Gasteiger partial charge is 0.277 e. The zero-order valence-corrected chi connectivity index (χ0v) is 17.4. The number of aryl methyl sites for hydroxylation is 2. The van der Waals surface area contributed by atoms with E-state index in [1.165, 1.54) is 42.1 Å². The van der Waals surface area contributed by atoms with Gasteiger partial charge in [0.05, 0.1) is 11.3 Å². The predicted octanol–water partition coefficient (Wildman–Crippen LogP) is 2.95. The van der Waals surface area contributed by atoms with E-state index >= 15 is 0 Å². The summed E-state index contributed by atoms with van der Waals surface area (Å²) in [5.74, 6) is 0.365. The molecule has 0 radical (unpaired) electrons. The molecule has 2 unspecified atom stereocenters. The molecule has 9 heteroatoms. The molecule has 29 heavy (non-hydrogen) atoms. The fourth-order valence-corrected chi connectivity index (χ4v) is 4.15. The van der Waals surface area contributed by atoms with Gasteiger partial charge >= 0.3 is 0 Å². The first-order valence-corrected chi connectivity index (χ1v) is 10.7. The fraction of sp³-hybridized carbons (Fsp3) is 0.450. The van der Waals surface area contributed by atoms with Crippen molar-refractivity contribution in [1.29, 1.82) is 0 Å². The van der Waals surface area contributed by atoms with Crippen molar-refractivity contribution in [3.63, 3.8) is 0 Å². The number of nitrogens with one attached hydrogen (secondary N) is 1. The van der Waals surface area contributed by atoms with Crippen LogP contribution in [-0.4, -0.2) is 36.1 Å². The van der Waals surface area contributed by atoms with Crippen LogP contribution in [0.1, 0.15) is 55.3 Å². The lowest BCUT2D eigenvalue weighted by Crippen LogP contribution is -2.33. The number of thioether (sulfide) groups is 1. The van der Waals surface area contributed by atoms with Crippen LogP contribution in [0.25, 0.3) is 0 Å². The number of hydrogen-bond acceptors (Lipinski definition) is 7. The Morgan fingerprint density at radius 2 is 2.07 bits per heavy atom. The molecule has 0 saturated carbocycles. The van der Waals surface area contributed by atoms with E-state index in [4.69, 9.17) is 4.42 Å². The summed E-state index contributed by atoms with van der Waals surface area (Å²) in [6, 6.07) is 6.52. The fourth-order valence-electron chi connectivity index (χ4n) is 3.44. The number of hydrogen-bond donors (Lipinski definition) is 1. The highest BCUT2D eigenvalue weighted by Crippen LogP contribution is 2.26. The second-order valence-electron chi connectivity index (χ2n) is 7.28. The summed E-state index contributed by atoms with van der Waals surface area (Å²) in [4.78, 5) is 16.5. The van der Waals surface area contributed by atoms with Gasteiger partial charge in [-0.05, 0) is 56.2 Å². The molecule has 0 saturated heterocycles. The Labute approximate surface area is 173 Å². The third-order valence-corrected chi connectivity index (χ3v) is 6.02. The van der Waals surface area contributed by atoms with E-state index < -0.39 is 0 Å². The lowest BCUT2D eigenvalue weighted by atomic mass is 9.89. The lowest BCUT2D eigenvalue weighted by Gasteiger charge is -2.21. The van der Waals surface area contributed by atoms with E-state index in [0.29, 0.717) is 17.7 Å². The molecule has 3 aromatic rings. The Kier molecular flexibility index (Phi) is 5.94. The minimum atomic E-state index is -0.352. The van der Waals surface area contributed by atoms with Crippen LogP contribution in [0.2, 0.25) is 0 Å². The zero-order valence-electron chi connectivity index (χ0n) is 16.5. The Morgan fingerprint density at radius 1 is 1.24 bits per heavy atom. The van der Waals surface area contributed by atoms with Gasteiger partial charge in [-0.15, -0.1) is 10.2 Å². The second kappa shape index (κ2) is 8.77. The Morgan fingerprint density at radius 3 is 2.86 bits per heavy atom. The highest BCUT2D eigenvalue weighted by molar-refractivity contribution is 8.00. The lowest BCUT2D eigenvalue weighted by molar-refractivity contribution is -0.120. The van der Waals surface area contributed by atoms with Gasteiger partial charge < -0.3 is 9.73 Å². The molecule has 1 amide bonds. The quantitative estimate of drug-likeness (QED) is 0.596. The molecule has 2 aromatic heterocycles. The molecular weight excluding hydrogens is 388 g/mol. The number of nitrogens with zero attached hydrogens (tertiary/aromatic N) is 5. The van der Waals surface area contributed by atoms with Crippen LogP contribution >= 0.6 is 11.8 Å². The summed E-state index contributed by atoms with van der Waals surface area (Å²) in [5.41, 5.74) is 4.01. The average molecular weight is 413 g/mol. The SMILES string of the molecule is CC(Sc1nnc(Cn2cncn2)o1)C(=O)NC(C)c1ccc2c(c1)CCCC2. The number of carbonyl (C=O) groups excluding carboxylic acids is 1. The number of aromatic nitrogens is 5. The summed E-state index contributed by atoms with van der Waals surface area (Å²) in [5, 5.41) is 15.1. The third kappa shape index (κ3) is 4.84. The Balaban J connectivity index is 1.33. The van der Waals surface area contributed by atoms with E-state index in [9.17, 15) is 4.79 Å². The van der Waals surface area contributed by atoms with E-state index in [1.54, 1.807) is 11.0 Å². The number of benzene rings is 1. The monoisotopic (exact) mass is 412 g/mol. The van der Waals surface area contributed by atoms with Crippen LogP contribution in [0.5, 0.6) is 0 Å². The predicted molar refractivity (Wildman–Crippen MR) is 108 cm³/mol. The zero-order chi connectivity index (χ0) is 20.2. The van der Waals surface area contributed by atoms with Gasteiger partial charge in [-0.2, -0.15) is 5.10 Å². The molecule has 1 aliphatic rings. The largest absolute Gasteiger partial charge is 0.414 e. The molecule has 1 N–H and O–H groups in total. The van der Waals surface area contributed by atoms with Crippen LogP contribution in [0.15, 0.2) is 40.5 Å². The van der Waals surface area contributed by atoms with Crippen LogP contribution in [-0.2, 0) is 24.2 Å². The number of carbonyl (C=O) groups is 1. The summed E-state index contributed by atoms with van der Waals surface area (Å²) >= 11 is 1.25. The van der Waals surface area contributed by atoms with Crippen LogP contribution in [0.4, 0.5) is 0 Å². The number of amides is 1. The summed E-state index contributed by atoms with van der Waals surface area (Å²) < 4.78 is 7.20. The molecule has 0 fully saturated rings. The van der Waals surface area contributed by atoms with Gasteiger partial charge in [0.15, 0.2) is 0 Å². The van der Waals surface area contributed by atoms with Gasteiger partial charge in [-0.25, -0.2) is 9.67 Å². The molecule has 4 rings (SSSR count). The van der Waals surface area contributed by atoms with Gasteiger partial charge in [0, 0.05) is 0 Å². The topological polar surface area (TPSA) is 98.7 Å². The Bertz CT molecular complexity index is 971. The first-order chi connectivity index (χ1) is 14.1. The van der Waals surface area contributed by atoms with Crippen molar-refractivity contribution in [1.82, 2.24) is 30.3 Å². The Hall–Kier alpha value is -2.68. The van der Waals surface area contributed by atoms with Crippen molar-refractivity contribution < 1.29 is 9.21 Å². The molecule has 1 aliphatic carbocycles. The minimum Gasteiger partial charge on any atom is -0.414 e. The van der Waals surface area contributed by atoms with Crippen molar-refractivity contribution in [2.24, 2.45) is 0 Å². The number of rotatable bonds is 7. The first-order valence-electron chi connectivity index (χ1n) is 9.82. The van der Waals surface area contributed by atoms with Crippen LogP contribution in [0, 0.1) is 0 Å². The third-order valence-electron chi connectivity index (χ3n) is 5.09.